The van der Waals surface area contributed by atoms with Gasteiger partial charge in [0.1, 0.15) is 0 Å². The van der Waals surface area contributed by atoms with Gasteiger partial charge < -0.3 is 10.2 Å². The Kier molecular flexibility index (Phi) is 1.77. The van der Waals surface area contributed by atoms with Gasteiger partial charge in [-0.2, -0.15) is 0 Å². The summed E-state index contributed by atoms with van der Waals surface area (Å²) in [6.45, 7) is 6.15. The van der Waals surface area contributed by atoms with Crippen LogP contribution < -0.4 is 0 Å². The molecule has 0 saturated heterocycles. The lowest BCUT2D eigenvalue weighted by Gasteiger charge is -2.23. The number of rotatable bonds is 0. The summed E-state index contributed by atoms with van der Waals surface area (Å²) < 4.78 is 0. The van der Waals surface area contributed by atoms with Crippen LogP contribution in [0.3, 0.4) is 0 Å². The van der Waals surface area contributed by atoms with Crippen LogP contribution in [0.25, 0.3) is 0 Å². The van der Waals surface area contributed by atoms with Crippen LogP contribution in [0.1, 0.15) is 27.2 Å². The monoisotopic (exact) mass is 144 g/mol. The van der Waals surface area contributed by atoms with Gasteiger partial charge in [-0.05, 0) is 17.8 Å². The molecular formula is C8H16O2. The smallest absolute Gasteiger partial charge is 0.0829 e. The molecule has 1 rings (SSSR count). The molecule has 0 radical (unpaired) electrons. The lowest BCUT2D eigenvalue weighted by molar-refractivity contribution is 0.0215. The lowest BCUT2D eigenvalue weighted by Crippen LogP contribution is -2.25. The van der Waals surface area contributed by atoms with Crippen molar-refractivity contribution in [2.45, 2.75) is 39.4 Å². The molecule has 3 unspecified atom stereocenters. The minimum Gasteiger partial charge on any atom is -0.390 e. The number of aliphatic hydroxyl groups excluding tert-OH is 2. The number of hydrogen-bond acceptors (Lipinski definition) is 2. The van der Waals surface area contributed by atoms with E-state index in [1.165, 1.54) is 0 Å². The first kappa shape index (κ1) is 8.02. The van der Waals surface area contributed by atoms with E-state index >= 15 is 0 Å². The Morgan fingerprint density at radius 3 is 1.90 bits per heavy atom. The van der Waals surface area contributed by atoms with Crippen molar-refractivity contribution in [1.82, 2.24) is 0 Å². The average molecular weight is 144 g/mol. The molecule has 3 atom stereocenters. The van der Waals surface area contributed by atoms with Crippen LogP contribution >= 0.6 is 0 Å². The topological polar surface area (TPSA) is 40.5 Å². The van der Waals surface area contributed by atoms with E-state index in [-0.39, 0.29) is 11.3 Å². The Morgan fingerprint density at radius 1 is 1.30 bits per heavy atom. The summed E-state index contributed by atoms with van der Waals surface area (Å²) in [5.41, 5.74) is 0.0961. The van der Waals surface area contributed by atoms with E-state index in [9.17, 15) is 10.2 Å². The minimum absolute atomic E-state index is 0.0961. The quantitative estimate of drug-likeness (QED) is 0.527. The second-order valence-electron chi connectivity index (χ2n) is 4.04. The fourth-order valence-corrected chi connectivity index (χ4v) is 1.64. The zero-order chi connectivity index (χ0) is 7.94. The molecule has 0 aromatic heterocycles. The average Bonchev–Trinajstić information content (AvgIpc) is 1.95. The normalized spacial score (nSPS) is 45.9. The van der Waals surface area contributed by atoms with Crippen molar-refractivity contribution in [3.8, 4) is 0 Å². The van der Waals surface area contributed by atoms with Gasteiger partial charge in [-0.1, -0.05) is 20.8 Å². The van der Waals surface area contributed by atoms with Crippen molar-refractivity contribution in [3.05, 3.63) is 0 Å². The molecular weight excluding hydrogens is 128 g/mol. The van der Waals surface area contributed by atoms with Gasteiger partial charge in [-0.25, -0.2) is 0 Å². The Morgan fingerprint density at radius 2 is 1.80 bits per heavy atom. The summed E-state index contributed by atoms with van der Waals surface area (Å²) in [6.07, 6.45) is -0.310. The maximum Gasteiger partial charge on any atom is 0.0829 e. The molecule has 0 aliphatic heterocycles. The Bertz CT molecular complexity index is 131. The summed E-state index contributed by atoms with van der Waals surface area (Å²) >= 11 is 0. The SMILES string of the molecule is CC1C(O)C(O)CC1(C)C. The van der Waals surface area contributed by atoms with Crippen molar-refractivity contribution in [2.75, 3.05) is 0 Å². The molecule has 0 heterocycles. The molecule has 1 saturated carbocycles. The highest BCUT2D eigenvalue weighted by Crippen LogP contribution is 2.42. The zero-order valence-corrected chi connectivity index (χ0v) is 6.83. The molecule has 0 amide bonds. The van der Waals surface area contributed by atoms with E-state index in [0.717, 1.165) is 6.42 Å². The molecule has 0 aromatic rings. The van der Waals surface area contributed by atoms with Crippen LogP contribution in [0, 0.1) is 11.3 Å². The Labute approximate surface area is 61.9 Å². The molecule has 2 N–H and O–H groups in total. The third kappa shape index (κ3) is 1.06. The molecule has 2 nitrogen and oxygen atoms in total. The zero-order valence-electron chi connectivity index (χ0n) is 6.83. The highest BCUT2D eigenvalue weighted by Gasteiger charge is 2.43. The third-order valence-corrected chi connectivity index (χ3v) is 2.87. The van der Waals surface area contributed by atoms with E-state index < -0.39 is 12.2 Å². The van der Waals surface area contributed by atoms with E-state index in [1.54, 1.807) is 0 Å². The maximum atomic E-state index is 9.35. The minimum atomic E-state index is -0.519. The molecule has 0 spiro atoms. The highest BCUT2D eigenvalue weighted by molar-refractivity contribution is 4.94. The third-order valence-electron chi connectivity index (χ3n) is 2.87. The van der Waals surface area contributed by atoms with E-state index in [4.69, 9.17) is 0 Å². The Hall–Kier alpha value is -0.0800. The van der Waals surface area contributed by atoms with E-state index in [1.807, 2.05) is 6.92 Å². The Balaban J connectivity index is 2.71. The first-order valence-electron chi connectivity index (χ1n) is 3.81. The van der Waals surface area contributed by atoms with E-state index in [2.05, 4.69) is 13.8 Å². The van der Waals surface area contributed by atoms with Crippen LogP contribution in [0.5, 0.6) is 0 Å². The molecule has 10 heavy (non-hydrogen) atoms. The van der Waals surface area contributed by atoms with Crippen LogP contribution in [0.4, 0.5) is 0 Å². The molecule has 60 valence electrons. The first-order chi connectivity index (χ1) is 4.45. The summed E-state index contributed by atoms with van der Waals surface area (Å²) in [6, 6.07) is 0. The molecule has 1 fully saturated rings. The molecule has 0 aromatic carbocycles. The van der Waals surface area contributed by atoms with Crippen LogP contribution in [0.15, 0.2) is 0 Å². The fourth-order valence-electron chi connectivity index (χ4n) is 1.64. The standard InChI is InChI=1S/C8H16O2/c1-5-7(10)6(9)4-8(5,2)3/h5-7,9-10H,4H2,1-3H3. The first-order valence-corrected chi connectivity index (χ1v) is 3.81. The molecule has 1 aliphatic carbocycles. The van der Waals surface area contributed by atoms with Crippen LogP contribution in [0.2, 0.25) is 0 Å². The summed E-state index contributed by atoms with van der Waals surface area (Å²) in [7, 11) is 0. The number of hydrogen-bond donors (Lipinski definition) is 2. The van der Waals surface area contributed by atoms with Crippen LogP contribution in [-0.4, -0.2) is 22.4 Å². The lowest BCUT2D eigenvalue weighted by atomic mass is 9.83. The van der Waals surface area contributed by atoms with Crippen molar-refractivity contribution in [1.29, 1.82) is 0 Å². The van der Waals surface area contributed by atoms with Gasteiger partial charge in [0.25, 0.3) is 0 Å². The molecule has 2 heteroatoms. The van der Waals surface area contributed by atoms with Crippen molar-refractivity contribution >= 4 is 0 Å². The molecule has 0 bridgehead atoms. The summed E-state index contributed by atoms with van der Waals surface area (Å²) in [4.78, 5) is 0. The predicted molar refractivity (Wildman–Crippen MR) is 39.6 cm³/mol. The van der Waals surface area contributed by atoms with Gasteiger partial charge in [0.15, 0.2) is 0 Å². The summed E-state index contributed by atoms with van der Waals surface area (Å²) in [5.74, 6) is 0.211. The maximum absolute atomic E-state index is 9.35. The second kappa shape index (κ2) is 2.21. The van der Waals surface area contributed by atoms with Gasteiger partial charge in [-0.3, -0.25) is 0 Å². The fraction of sp³-hybridized carbons (Fsp3) is 1.00. The highest BCUT2D eigenvalue weighted by atomic mass is 16.3. The summed E-state index contributed by atoms with van der Waals surface area (Å²) in [5, 5.41) is 18.6. The van der Waals surface area contributed by atoms with Gasteiger partial charge in [0.2, 0.25) is 0 Å². The van der Waals surface area contributed by atoms with E-state index in [0.29, 0.717) is 0 Å². The predicted octanol–water partition coefficient (Wildman–Crippen LogP) is 0.774. The van der Waals surface area contributed by atoms with Gasteiger partial charge >= 0.3 is 0 Å². The van der Waals surface area contributed by atoms with Crippen molar-refractivity contribution in [3.63, 3.8) is 0 Å². The number of aliphatic hydroxyl groups is 2. The van der Waals surface area contributed by atoms with Gasteiger partial charge in [-0.15, -0.1) is 0 Å². The largest absolute Gasteiger partial charge is 0.390 e. The van der Waals surface area contributed by atoms with Crippen LogP contribution in [-0.2, 0) is 0 Å². The van der Waals surface area contributed by atoms with Crippen molar-refractivity contribution in [2.24, 2.45) is 11.3 Å². The van der Waals surface area contributed by atoms with Crippen molar-refractivity contribution < 1.29 is 10.2 Å². The van der Waals surface area contributed by atoms with Gasteiger partial charge in [0.05, 0.1) is 12.2 Å². The molecule has 1 aliphatic rings. The second-order valence-corrected chi connectivity index (χ2v) is 4.04. The van der Waals surface area contributed by atoms with Gasteiger partial charge in [0, 0.05) is 0 Å².